The number of aliphatic hydroxyl groups excluding tert-OH is 2. The molecule has 0 aromatic rings. The van der Waals surface area contributed by atoms with Crippen LogP contribution in [-0.4, -0.2) is 46.9 Å². The third-order valence-corrected chi connectivity index (χ3v) is 2.53. The predicted molar refractivity (Wildman–Crippen MR) is 73.8 cm³/mol. The van der Waals surface area contributed by atoms with Gasteiger partial charge < -0.3 is 19.7 Å². The molecule has 0 radical (unpaired) electrons. The lowest BCUT2D eigenvalue weighted by Gasteiger charge is -2.28. The number of rotatable bonds is 10. The van der Waals surface area contributed by atoms with Gasteiger partial charge in [0, 0.05) is 12.2 Å². The highest BCUT2D eigenvalue weighted by Crippen LogP contribution is 2.15. The highest BCUT2D eigenvalue weighted by Gasteiger charge is 2.31. The van der Waals surface area contributed by atoms with Crippen LogP contribution in [0.25, 0.3) is 0 Å². The molecule has 0 heterocycles. The zero-order valence-electron chi connectivity index (χ0n) is 12.2. The number of aliphatic hydroxyl groups is 2. The first-order valence-electron chi connectivity index (χ1n) is 6.57. The first-order valence-corrected chi connectivity index (χ1v) is 6.57. The lowest BCUT2D eigenvalue weighted by Crippen LogP contribution is -2.42. The monoisotopic (exact) mass is 302 g/mol. The second kappa shape index (κ2) is 10.1. The van der Waals surface area contributed by atoms with Gasteiger partial charge in [-0.15, -0.1) is 0 Å². The SMILES string of the molecule is C=CC(=O)OC(OC(OC(=O)C=C)C(O)CC)C(O)CC. The molecule has 0 saturated heterocycles. The van der Waals surface area contributed by atoms with Gasteiger partial charge in [0.05, 0.1) is 0 Å². The average molecular weight is 302 g/mol. The normalized spacial score (nSPS) is 16.2. The smallest absolute Gasteiger partial charge is 0.332 e. The van der Waals surface area contributed by atoms with Gasteiger partial charge in [0.1, 0.15) is 12.2 Å². The van der Waals surface area contributed by atoms with E-state index in [-0.39, 0.29) is 12.8 Å². The molecular weight excluding hydrogens is 280 g/mol. The van der Waals surface area contributed by atoms with Crippen molar-refractivity contribution in [2.24, 2.45) is 0 Å². The van der Waals surface area contributed by atoms with Gasteiger partial charge in [-0.2, -0.15) is 0 Å². The molecule has 0 aliphatic rings. The van der Waals surface area contributed by atoms with Crippen molar-refractivity contribution in [3.8, 4) is 0 Å². The first-order chi connectivity index (χ1) is 9.89. The Balaban J connectivity index is 4.99. The first kappa shape index (κ1) is 19.3. The second-order valence-corrected chi connectivity index (χ2v) is 4.11. The van der Waals surface area contributed by atoms with Crippen LogP contribution < -0.4 is 0 Å². The molecule has 0 amide bonds. The fraction of sp³-hybridized carbons (Fsp3) is 0.571. The Morgan fingerprint density at radius 1 is 0.952 bits per heavy atom. The van der Waals surface area contributed by atoms with Gasteiger partial charge in [0.15, 0.2) is 0 Å². The van der Waals surface area contributed by atoms with Crippen molar-refractivity contribution in [2.45, 2.75) is 51.5 Å². The largest absolute Gasteiger partial charge is 0.430 e. The fourth-order valence-electron chi connectivity index (χ4n) is 1.24. The summed E-state index contributed by atoms with van der Waals surface area (Å²) in [7, 11) is 0. The van der Waals surface area contributed by atoms with E-state index in [1.807, 2.05) is 0 Å². The van der Waals surface area contributed by atoms with E-state index in [4.69, 9.17) is 14.2 Å². The maximum atomic E-state index is 11.2. The summed E-state index contributed by atoms with van der Waals surface area (Å²) in [5.41, 5.74) is 0. The van der Waals surface area contributed by atoms with E-state index in [2.05, 4.69) is 13.2 Å². The molecule has 0 bridgehead atoms. The second-order valence-electron chi connectivity index (χ2n) is 4.11. The van der Waals surface area contributed by atoms with Gasteiger partial charge in [0.25, 0.3) is 0 Å². The molecule has 0 aliphatic carbocycles. The summed E-state index contributed by atoms with van der Waals surface area (Å²) < 4.78 is 14.9. The molecule has 0 aromatic heterocycles. The molecular formula is C14H22O7. The summed E-state index contributed by atoms with van der Waals surface area (Å²) >= 11 is 0. The molecule has 0 saturated carbocycles. The van der Waals surface area contributed by atoms with Crippen LogP contribution >= 0.6 is 0 Å². The summed E-state index contributed by atoms with van der Waals surface area (Å²) in [5.74, 6) is -1.63. The highest BCUT2D eigenvalue weighted by molar-refractivity contribution is 5.81. The molecule has 0 aromatic carbocycles. The standard InChI is InChI=1S/C14H22O7/c1-5-9(15)13(19-11(17)7-3)21-14(10(16)6-2)20-12(18)8-4/h7-10,13-16H,3-6H2,1-2H3. The number of esters is 2. The number of hydrogen-bond acceptors (Lipinski definition) is 7. The molecule has 4 unspecified atom stereocenters. The van der Waals surface area contributed by atoms with E-state index in [1.165, 1.54) is 0 Å². The minimum Gasteiger partial charge on any atom is -0.430 e. The number of ether oxygens (including phenoxy) is 3. The van der Waals surface area contributed by atoms with Gasteiger partial charge >= 0.3 is 11.9 Å². The molecule has 7 nitrogen and oxygen atoms in total. The van der Waals surface area contributed by atoms with Crippen LogP contribution in [0, 0.1) is 0 Å². The van der Waals surface area contributed by atoms with E-state index >= 15 is 0 Å². The van der Waals surface area contributed by atoms with E-state index in [0.717, 1.165) is 12.2 Å². The van der Waals surface area contributed by atoms with E-state index < -0.39 is 36.7 Å². The lowest BCUT2D eigenvalue weighted by atomic mass is 10.2. The van der Waals surface area contributed by atoms with E-state index in [0.29, 0.717) is 0 Å². The summed E-state index contributed by atoms with van der Waals surface area (Å²) in [6, 6.07) is 0. The molecule has 0 aliphatic heterocycles. The summed E-state index contributed by atoms with van der Waals surface area (Å²) in [6.07, 6.45) is -2.85. The van der Waals surface area contributed by atoms with Crippen molar-refractivity contribution in [3.05, 3.63) is 25.3 Å². The minimum atomic E-state index is -1.40. The summed E-state index contributed by atoms with van der Waals surface area (Å²) in [4.78, 5) is 22.4. The average Bonchev–Trinajstić information content (AvgIpc) is 2.50. The van der Waals surface area contributed by atoms with Gasteiger partial charge in [-0.05, 0) is 12.8 Å². The maximum Gasteiger partial charge on any atom is 0.332 e. The quantitative estimate of drug-likeness (QED) is 0.347. The fourth-order valence-corrected chi connectivity index (χ4v) is 1.24. The molecule has 0 spiro atoms. The predicted octanol–water partition coefficient (Wildman–Crippen LogP) is 0.655. The molecule has 0 fully saturated rings. The van der Waals surface area contributed by atoms with E-state index in [1.54, 1.807) is 13.8 Å². The zero-order chi connectivity index (χ0) is 16.4. The van der Waals surface area contributed by atoms with Crippen LogP contribution in [0.2, 0.25) is 0 Å². The van der Waals surface area contributed by atoms with Gasteiger partial charge in [-0.3, -0.25) is 4.74 Å². The van der Waals surface area contributed by atoms with Crippen LogP contribution in [0.3, 0.4) is 0 Å². The number of hydrogen-bond donors (Lipinski definition) is 2. The van der Waals surface area contributed by atoms with Gasteiger partial charge in [-0.1, -0.05) is 27.0 Å². The van der Waals surface area contributed by atoms with Crippen molar-refractivity contribution in [2.75, 3.05) is 0 Å². The van der Waals surface area contributed by atoms with Crippen LogP contribution in [0.15, 0.2) is 25.3 Å². The third kappa shape index (κ3) is 7.03. The van der Waals surface area contributed by atoms with Crippen LogP contribution in [0.1, 0.15) is 26.7 Å². The summed E-state index contributed by atoms with van der Waals surface area (Å²) in [6.45, 7) is 9.75. The van der Waals surface area contributed by atoms with Crippen LogP contribution in [0.5, 0.6) is 0 Å². The maximum absolute atomic E-state index is 11.2. The molecule has 0 rings (SSSR count). The minimum absolute atomic E-state index is 0.222. The van der Waals surface area contributed by atoms with E-state index in [9.17, 15) is 19.8 Å². The Hall–Kier alpha value is -1.70. The molecule has 2 N–H and O–H groups in total. The molecule has 4 atom stereocenters. The Morgan fingerprint density at radius 3 is 1.52 bits per heavy atom. The molecule has 7 heteroatoms. The Bertz CT molecular complexity index is 332. The topological polar surface area (TPSA) is 102 Å². The molecule has 120 valence electrons. The lowest BCUT2D eigenvalue weighted by molar-refractivity contribution is -0.277. The van der Waals surface area contributed by atoms with Crippen molar-refractivity contribution < 1.29 is 34.0 Å². The zero-order valence-corrected chi connectivity index (χ0v) is 12.2. The Kier molecular flexibility index (Phi) is 9.27. The van der Waals surface area contributed by atoms with Gasteiger partial charge in [-0.25, -0.2) is 9.59 Å². The van der Waals surface area contributed by atoms with Crippen LogP contribution in [0.4, 0.5) is 0 Å². The van der Waals surface area contributed by atoms with Crippen molar-refractivity contribution in [1.82, 2.24) is 0 Å². The summed E-state index contributed by atoms with van der Waals surface area (Å²) in [5, 5.41) is 19.6. The highest BCUT2D eigenvalue weighted by atomic mass is 16.8. The third-order valence-electron chi connectivity index (χ3n) is 2.53. The number of carbonyl (C=O) groups is 2. The van der Waals surface area contributed by atoms with Crippen LogP contribution in [-0.2, 0) is 23.8 Å². The number of carbonyl (C=O) groups excluding carboxylic acids is 2. The van der Waals surface area contributed by atoms with Crippen molar-refractivity contribution in [1.29, 1.82) is 0 Å². The van der Waals surface area contributed by atoms with Crippen molar-refractivity contribution >= 4 is 11.9 Å². The Labute approximate surface area is 123 Å². The van der Waals surface area contributed by atoms with Crippen molar-refractivity contribution in [3.63, 3.8) is 0 Å². The van der Waals surface area contributed by atoms with Gasteiger partial charge in [0.2, 0.25) is 12.6 Å². The molecule has 21 heavy (non-hydrogen) atoms. The Morgan fingerprint density at radius 2 is 1.29 bits per heavy atom.